The van der Waals surface area contributed by atoms with E-state index in [1.807, 2.05) is 6.07 Å². The summed E-state index contributed by atoms with van der Waals surface area (Å²) in [4.78, 5) is 22.9. The molecule has 3 rings (SSSR count). The first-order chi connectivity index (χ1) is 11.1. The molecule has 23 heavy (non-hydrogen) atoms. The summed E-state index contributed by atoms with van der Waals surface area (Å²) in [5, 5.41) is 11.8. The van der Waals surface area contributed by atoms with Crippen molar-refractivity contribution >= 4 is 11.9 Å². The van der Waals surface area contributed by atoms with Gasteiger partial charge in [-0.05, 0) is 37.2 Å². The van der Waals surface area contributed by atoms with Crippen LogP contribution in [0.4, 0.5) is 0 Å². The van der Waals surface area contributed by atoms with Crippen molar-refractivity contribution in [3.8, 4) is 0 Å². The molecule has 120 valence electrons. The quantitative estimate of drug-likeness (QED) is 0.906. The fraction of sp³-hybridized carbons (Fsp3) is 0.333. The van der Waals surface area contributed by atoms with E-state index < -0.39 is 5.97 Å². The molecule has 1 aromatic carbocycles. The summed E-state index contributed by atoms with van der Waals surface area (Å²) in [6.45, 7) is 0. The van der Waals surface area contributed by atoms with Crippen LogP contribution in [0.15, 0.2) is 47.1 Å². The van der Waals surface area contributed by atoms with Crippen molar-refractivity contribution in [2.24, 2.45) is 0 Å². The second kappa shape index (κ2) is 6.69. The first-order valence-corrected chi connectivity index (χ1v) is 7.81. The number of carboxylic acids is 1. The highest BCUT2D eigenvalue weighted by Gasteiger charge is 2.24. The van der Waals surface area contributed by atoms with Gasteiger partial charge in [-0.2, -0.15) is 0 Å². The number of aromatic carboxylic acids is 1. The summed E-state index contributed by atoms with van der Waals surface area (Å²) in [7, 11) is 0. The van der Waals surface area contributed by atoms with Gasteiger partial charge in [0.15, 0.2) is 5.76 Å². The van der Waals surface area contributed by atoms with Crippen LogP contribution in [-0.4, -0.2) is 23.0 Å². The van der Waals surface area contributed by atoms with Gasteiger partial charge in [0.25, 0.3) is 5.91 Å². The molecule has 1 aliphatic rings. The number of furan rings is 1. The van der Waals surface area contributed by atoms with E-state index in [1.165, 1.54) is 11.6 Å². The van der Waals surface area contributed by atoms with Gasteiger partial charge in [0.1, 0.15) is 6.26 Å². The van der Waals surface area contributed by atoms with Gasteiger partial charge >= 0.3 is 5.97 Å². The Labute approximate surface area is 134 Å². The van der Waals surface area contributed by atoms with Crippen LogP contribution >= 0.6 is 0 Å². The van der Waals surface area contributed by atoms with Crippen LogP contribution in [0.5, 0.6) is 0 Å². The third-order valence-corrected chi connectivity index (χ3v) is 4.40. The lowest BCUT2D eigenvalue weighted by molar-refractivity contribution is 0.0695. The number of carbonyl (C=O) groups is 2. The highest BCUT2D eigenvalue weighted by molar-refractivity contribution is 5.95. The van der Waals surface area contributed by atoms with Gasteiger partial charge in [-0.1, -0.05) is 30.3 Å². The highest BCUT2D eigenvalue weighted by atomic mass is 16.4. The van der Waals surface area contributed by atoms with Crippen molar-refractivity contribution in [1.29, 1.82) is 0 Å². The van der Waals surface area contributed by atoms with E-state index in [9.17, 15) is 9.59 Å². The van der Waals surface area contributed by atoms with Gasteiger partial charge in [-0.15, -0.1) is 0 Å². The molecule has 1 fully saturated rings. The second-order valence-electron chi connectivity index (χ2n) is 5.94. The lowest BCUT2D eigenvalue weighted by Crippen LogP contribution is -2.37. The van der Waals surface area contributed by atoms with Crippen molar-refractivity contribution in [1.82, 2.24) is 5.32 Å². The van der Waals surface area contributed by atoms with Gasteiger partial charge in [0, 0.05) is 12.1 Å². The Hall–Kier alpha value is -2.56. The van der Waals surface area contributed by atoms with E-state index in [2.05, 4.69) is 29.6 Å². The molecule has 5 heteroatoms. The molecule has 0 bridgehead atoms. The van der Waals surface area contributed by atoms with Gasteiger partial charge in [-0.3, -0.25) is 4.79 Å². The van der Waals surface area contributed by atoms with Gasteiger partial charge in [0.05, 0.1) is 5.56 Å². The zero-order valence-electron chi connectivity index (χ0n) is 12.7. The molecule has 0 spiro atoms. The number of amides is 1. The van der Waals surface area contributed by atoms with Crippen LogP contribution in [0.25, 0.3) is 0 Å². The number of rotatable bonds is 4. The molecule has 0 saturated heterocycles. The molecule has 0 atom stereocenters. The van der Waals surface area contributed by atoms with Gasteiger partial charge in [0.2, 0.25) is 0 Å². The Morgan fingerprint density at radius 2 is 1.78 bits per heavy atom. The largest absolute Gasteiger partial charge is 0.478 e. The van der Waals surface area contributed by atoms with Crippen molar-refractivity contribution in [3.05, 3.63) is 59.5 Å². The van der Waals surface area contributed by atoms with Crippen LogP contribution < -0.4 is 5.32 Å². The standard InChI is InChI=1S/C18H19NO4/c20-17(16-10-14(11-23-16)18(21)22)19-15-8-6-13(7-9-15)12-4-2-1-3-5-12/h1-5,10-11,13,15H,6-9H2,(H,19,20)(H,21,22). The maximum absolute atomic E-state index is 12.1. The van der Waals surface area contributed by atoms with Crippen molar-refractivity contribution in [3.63, 3.8) is 0 Å². The smallest absolute Gasteiger partial charge is 0.338 e. The molecule has 2 N–H and O–H groups in total. The molecule has 1 saturated carbocycles. The fourth-order valence-electron chi connectivity index (χ4n) is 3.12. The molecular formula is C18H19NO4. The monoisotopic (exact) mass is 313 g/mol. The van der Waals surface area contributed by atoms with Gasteiger partial charge < -0.3 is 14.8 Å². The van der Waals surface area contributed by atoms with Crippen LogP contribution in [0.3, 0.4) is 0 Å². The van der Waals surface area contributed by atoms with Crippen molar-refractivity contribution in [2.75, 3.05) is 0 Å². The zero-order valence-corrected chi connectivity index (χ0v) is 12.7. The molecule has 0 radical (unpaired) electrons. The predicted molar refractivity (Wildman–Crippen MR) is 84.6 cm³/mol. The molecule has 1 heterocycles. The van der Waals surface area contributed by atoms with Crippen LogP contribution in [-0.2, 0) is 0 Å². The summed E-state index contributed by atoms with van der Waals surface area (Å²) >= 11 is 0. The lowest BCUT2D eigenvalue weighted by atomic mass is 9.82. The maximum Gasteiger partial charge on any atom is 0.338 e. The number of hydrogen-bond acceptors (Lipinski definition) is 3. The Bertz CT molecular complexity index is 684. The Morgan fingerprint density at radius 3 is 2.39 bits per heavy atom. The number of nitrogens with one attached hydrogen (secondary N) is 1. The van der Waals surface area contributed by atoms with E-state index >= 15 is 0 Å². The third kappa shape index (κ3) is 3.62. The van der Waals surface area contributed by atoms with E-state index in [-0.39, 0.29) is 23.3 Å². The van der Waals surface area contributed by atoms with Crippen molar-refractivity contribution < 1.29 is 19.1 Å². The Balaban J connectivity index is 1.54. The minimum absolute atomic E-state index is 0.0112. The summed E-state index contributed by atoms with van der Waals surface area (Å²) < 4.78 is 5.03. The van der Waals surface area contributed by atoms with Crippen LogP contribution in [0.2, 0.25) is 0 Å². The Kier molecular flexibility index (Phi) is 4.46. The Morgan fingerprint density at radius 1 is 1.09 bits per heavy atom. The van der Waals surface area contributed by atoms with Gasteiger partial charge in [-0.25, -0.2) is 4.79 Å². The summed E-state index contributed by atoms with van der Waals surface area (Å²) in [5.41, 5.74) is 1.34. The number of carboxylic acid groups (broad SMARTS) is 1. The predicted octanol–water partition coefficient (Wildman–Crippen LogP) is 3.43. The molecular weight excluding hydrogens is 294 g/mol. The third-order valence-electron chi connectivity index (χ3n) is 4.40. The highest BCUT2D eigenvalue weighted by Crippen LogP contribution is 2.32. The SMILES string of the molecule is O=C(O)c1coc(C(=O)NC2CCC(c3ccccc3)CC2)c1. The minimum atomic E-state index is -1.10. The van der Waals surface area contributed by atoms with E-state index in [0.717, 1.165) is 31.9 Å². The van der Waals surface area contributed by atoms with Crippen molar-refractivity contribution in [2.45, 2.75) is 37.6 Å². The number of benzene rings is 1. The van der Waals surface area contributed by atoms with Crippen LogP contribution in [0, 0.1) is 0 Å². The minimum Gasteiger partial charge on any atom is -0.478 e. The molecule has 0 unspecified atom stereocenters. The molecule has 5 nitrogen and oxygen atoms in total. The topological polar surface area (TPSA) is 79.5 Å². The fourth-order valence-corrected chi connectivity index (χ4v) is 3.12. The second-order valence-corrected chi connectivity index (χ2v) is 5.94. The molecule has 1 aromatic heterocycles. The van der Waals surface area contributed by atoms with Crippen LogP contribution in [0.1, 0.15) is 58.1 Å². The summed E-state index contributed by atoms with van der Waals surface area (Å²) in [5.74, 6) is -0.851. The van der Waals surface area contributed by atoms with E-state index in [4.69, 9.17) is 9.52 Å². The molecule has 0 aliphatic heterocycles. The van der Waals surface area contributed by atoms with E-state index in [0.29, 0.717) is 5.92 Å². The zero-order chi connectivity index (χ0) is 16.2. The normalized spacial score (nSPS) is 20.9. The molecule has 1 amide bonds. The summed E-state index contributed by atoms with van der Waals surface area (Å²) in [6, 6.07) is 11.8. The maximum atomic E-state index is 12.1. The molecule has 1 aliphatic carbocycles. The first-order valence-electron chi connectivity index (χ1n) is 7.81. The first kappa shape index (κ1) is 15.3. The number of hydrogen-bond donors (Lipinski definition) is 2. The lowest BCUT2D eigenvalue weighted by Gasteiger charge is -2.29. The summed E-state index contributed by atoms with van der Waals surface area (Å²) in [6.07, 6.45) is 4.99. The molecule has 2 aromatic rings. The average molecular weight is 313 g/mol. The average Bonchev–Trinajstić information content (AvgIpc) is 3.07. The number of carbonyl (C=O) groups excluding carboxylic acids is 1. The van der Waals surface area contributed by atoms with E-state index in [1.54, 1.807) is 0 Å².